The molecule has 0 aromatic heterocycles. The molecule has 0 heterocycles. The highest BCUT2D eigenvalue weighted by molar-refractivity contribution is 5.87. The number of nitrogens with zero attached hydrogens (tertiary/aromatic N) is 2. The normalized spacial score (nSPS) is 9.87. The Labute approximate surface area is 135 Å². The fourth-order valence-electron chi connectivity index (χ4n) is 2.82. The lowest BCUT2D eigenvalue weighted by atomic mass is 9.89. The lowest BCUT2D eigenvalue weighted by Crippen LogP contribution is -1.92. The fourth-order valence-corrected chi connectivity index (χ4v) is 2.82. The molecule has 0 spiro atoms. The maximum absolute atomic E-state index is 9.51. The SMILES string of the molecule is Cc1ccccc1-c1ccccc1-c1cccc(C#N)c1C#N. The Balaban J connectivity index is 2.31. The molecule has 0 unspecified atom stereocenters. The highest BCUT2D eigenvalue weighted by Crippen LogP contribution is 2.35. The molecular weight excluding hydrogens is 280 g/mol. The van der Waals surface area contributed by atoms with Crippen LogP contribution in [0.15, 0.2) is 66.7 Å². The standard InChI is InChI=1S/C21H14N2/c1-15-7-2-3-9-17(15)18-10-4-5-11-19(18)20-12-6-8-16(13-22)21(20)14-23/h2-12H,1H3. The van der Waals surface area contributed by atoms with Gasteiger partial charge in [0.1, 0.15) is 12.1 Å². The van der Waals surface area contributed by atoms with Crippen LogP contribution in [0.4, 0.5) is 0 Å². The van der Waals surface area contributed by atoms with Gasteiger partial charge in [-0.1, -0.05) is 60.7 Å². The van der Waals surface area contributed by atoms with E-state index in [0.717, 1.165) is 22.3 Å². The van der Waals surface area contributed by atoms with E-state index in [-0.39, 0.29) is 0 Å². The number of hydrogen-bond donors (Lipinski definition) is 0. The summed E-state index contributed by atoms with van der Waals surface area (Å²) in [5, 5.41) is 18.8. The van der Waals surface area contributed by atoms with Crippen molar-refractivity contribution in [3.05, 3.63) is 83.4 Å². The quantitative estimate of drug-likeness (QED) is 0.662. The number of benzene rings is 3. The maximum Gasteiger partial charge on any atom is 0.101 e. The summed E-state index contributed by atoms with van der Waals surface area (Å²) in [5.41, 5.74) is 5.97. The lowest BCUT2D eigenvalue weighted by Gasteiger charge is -2.13. The van der Waals surface area contributed by atoms with E-state index in [1.54, 1.807) is 6.07 Å². The summed E-state index contributed by atoms with van der Waals surface area (Å²) >= 11 is 0. The molecule has 0 aliphatic heterocycles. The van der Waals surface area contributed by atoms with Crippen LogP contribution in [0.5, 0.6) is 0 Å². The molecule has 108 valence electrons. The predicted molar refractivity (Wildman–Crippen MR) is 91.5 cm³/mol. The van der Waals surface area contributed by atoms with E-state index in [2.05, 4.69) is 37.3 Å². The van der Waals surface area contributed by atoms with Crippen molar-refractivity contribution in [3.8, 4) is 34.4 Å². The number of rotatable bonds is 2. The number of hydrogen-bond acceptors (Lipinski definition) is 2. The Kier molecular flexibility index (Phi) is 3.91. The van der Waals surface area contributed by atoms with Gasteiger partial charge in [-0.05, 0) is 35.2 Å². The zero-order valence-corrected chi connectivity index (χ0v) is 12.7. The van der Waals surface area contributed by atoms with Gasteiger partial charge in [-0.25, -0.2) is 0 Å². The average Bonchev–Trinajstić information content (AvgIpc) is 2.61. The van der Waals surface area contributed by atoms with Gasteiger partial charge in [0, 0.05) is 5.56 Å². The summed E-state index contributed by atoms with van der Waals surface area (Å²) in [6.45, 7) is 2.07. The van der Waals surface area contributed by atoms with Gasteiger partial charge in [0.05, 0.1) is 11.1 Å². The van der Waals surface area contributed by atoms with E-state index in [4.69, 9.17) is 0 Å². The summed E-state index contributed by atoms with van der Waals surface area (Å²) < 4.78 is 0. The third kappa shape index (κ3) is 2.59. The maximum atomic E-state index is 9.51. The van der Waals surface area contributed by atoms with Crippen LogP contribution in [-0.2, 0) is 0 Å². The molecule has 0 fully saturated rings. The Morgan fingerprint density at radius 1 is 0.609 bits per heavy atom. The molecule has 0 radical (unpaired) electrons. The highest BCUT2D eigenvalue weighted by Gasteiger charge is 2.14. The second-order valence-electron chi connectivity index (χ2n) is 5.31. The topological polar surface area (TPSA) is 47.6 Å². The van der Waals surface area contributed by atoms with E-state index >= 15 is 0 Å². The van der Waals surface area contributed by atoms with Gasteiger partial charge >= 0.3 is 0 Å². The fraction of sp³-hybridized carbons (Fsp3) is 0.0476. The molecule has 3 aromatic carbocycles. The second kappa shape index (κ2) is 6.18. The van der Waals surface area contributed by atoms with E-state index in [1.165, 1.54) is 5.56 Å². The molecule has 0 saturated carbocycles. The van der Waals surface area contributed by atoms with Crippen LogP contribution in [0.25, 0.3) is 22.3 Å². The minimum atomic E-state index is 0.407. The number of aryl methyl sites for hydroxylation is 1. The smallest absolute Gasteiger partial charge is 0.101 e. The number of nitriles is 2. The van der Waals surface area contributed by atoms with Gasteiger partial charge in [-0.2, -0.15) is 10.5 Å². The van der Waals surface area contributed by atoms with Crippen molar-refractivity contribution in [3.63, 3.8) is 0 Å². The van der Waals surface area contributed by atoms with Crippen LogP contribution >= 0.6 is 0 Å². The molecule has 0 N–H and O–H groups in total. The van der Waals surface area contributed by atoms with Crippen LogP contribution < -0.4 is 0 Å². The first kappa shape index (κ1) is 14.6. The first-order valence-electron chi connectivity index (χ1n) is 7.35. The first-order chi connectivity index (χ1) is 11.3. The van der Waals surface area contributed by atoms with Crippen LogP contribution in [0.1, 0.15) is 16.7 Å². The zero-order valence-electron chi connectivity index (χ0n) is 12.7. The molecule has 0 atom stereocenters. The lowest BCUT2D eigenvalue weighted by molar-refractivity contribution is 1.42. The Hall–Kier alpha value is -3.36. The summed E-state index contributed by atoms with van der Waals surface area (Å²) in [6, 6.07) is 25.9. The van der Waals surface area contributed by atoms with Crippen molar-refractivity contribution in [1.82, 2.24) is 0 Å². The van der Waals surface area contributed by atoms with E-state index in [9.17, 15) is 10.5 Å². The van der Waals surface area contributed by atoms with Gasteiger partial charge in [0.25, 0.3) is 0 Å². The Morgan fingerprint density at radius 3 is 1.78 bits per heavy atom. The van der Waals surface area contributed by atoms with Crippen LogP contribution in [0.2, 0.25) is 0 Å². The molecule has 0 aliphatic carbocycles. The van der Waals surface area contributed by atoms with Crippen LogP contribution in [0, 0.1) is 29.6 Å². The molecule has 3 rings (SSSR count). The van der Waals surface area contributed by atoms with Crippen molar-refractivity contribution < 1.29 is 0 Å². The van der Waals surface area contributed by atoms with Crippen molar-refractivity contribution in [2.75, 3.05) is 0 Å². The Morgan fingerprint density at radius 2 is 1.17 bits per heavy atom. The Bertz CT molecular complexity index is 956. The molecule has 3 aromatic rings. The van der Waals surface area contributed by atoms with Crippen molar-refractivity contribution in [1.29, 1.82) is 10.5 Å². The molecule has 0 amide bonds. The van der Waals surface area contributed by atoms with Gasteiger partial charge in [-0.15, -0.1) is 0 Å². The summed E-state index contributed by atoms with van der Waals surface area (Å²) in [4.78, 5) is 0. The largest absolute Gasteiger partial charge is 0.192 e. The minimum Gasteiger partial charge on any atom is -0.192 e. The minimum absolute atomic E-state index is 0.407. The van der Waals surface area contributed by atoms with Crippen molar-refractivity contribution >= 4 is 0 Å². The van der Waals surface area contributed by atoms with E-state index < -0.39 is 0 Å². The predicted octanol–water partition coefficient (Wildman–Crippen LogP) is 5.07. The monoisotopic (exact) mass is 294 g/mol. The summed E-state index contributed by atoms with van der Waals surface area (Å²) in [6.07, 6.45) is 0. The molecule has 2 heteroatoms. The highest BCUT2D eigenvalue weighted by atomic mass is 14.3. The molecular formula is C21H14N2. The van der Waals surface area contributed by atoms with Gasteiger partial charge in [0.15, 0.2) is 0 Å². The molecule has 0 aliphatic rings. The second-order valence-corrected chi connectivity index (χ2v) is 5.31. The first-order valence-corrected chi connectivity index (χ1v) is 7.35. The van der Waals surface area contributed by atoms with Crippen LogP contribution in [0.3, 0.4) is 0 Å². The van der Waals surface area contributed by atoms with Crippen molar-refractivity contribution in [2.45, 2.75) is 6.92 Å². The zero-order chi connectivity index (χ0) is 16.2. The molecule has 0 bridgehead atoms. The van der Waals surface area contributed by atoms with E-state index in [1.807, 2.05) is 42.5 Å². The van der Waals surface area contributed by atoms with Gasteiger partial charge < -0.3 is 0 Å². The van der Waals surface area contributed by atoms with Crippen molar-refractivity contribution in [2.24, 2.45) is 0 Å². The van der Waals surface area contributed by atoms with Crippen LogP contribution in [-0.4, -0.2) is 0 Å². The molecule has 0 saturated heterocycles. The van der Waals surface area contributed by atoms with E-state index in [0.29, 0.717) is 11.1 Å². The summed E-state index contributed by atoms with van der Waals surface area (Å²) in [7, 11) is 0. The summed E-state index contributed by atoms with van der Waals surface area (Å²) in [5.74, 6) is 0. The van der Waals surface area contributed by atoms with Gasteiger partial charge in [-0.3, -0.25) is 0 Å². The third-order valence-electron chi connectivity index (χ3n) is 3.95. The molecule has 2 nitrogen and oxygen atoms in total. The third-order valence-corrected chi connectivity index (χ3v) is 3.95. The average molecular weight is 294 g/mol. The van der Waals surface area contributed by atoms with Gasteiger partial charge in [0.2, 0.25) is 0 Å². The molecule has 23 heavy (non-hydrogen) atoms.